The molecule has 0 aliphatic heterocycles. The van der Waals surface area contributed by atoms with Crippen molar-refractivity contribution >= 4 is 0 Å². The second-order valence-corrected chi connectivity index (χ2v) is 5.36. The largest absolute Gasteiger partial charge is 0.326 e. The van der Waals surface area contributed by atoms with Gasteiger partial charge in [-0.15, -0.1) is 0 Å². The van der Waals surface area contributed by atoms with E-state index in [1.165, 1.54) is 5.56 Å². The summed E-state index contributed by atoms with van der Waals surface area (Å²) in [6.45, 7) is 8.86. The number of nitrogens with zero attached hydrogens (tertiary/aromatic N) is 1. The van der Waals surface area contributed by atoms with Crippen molar-refractivity contribution in [1.82, 2.24) is 4.90 Å². The predicted molar refractivity (Wildman–Crippen MR) is 74.9 cm³/mol. The molecule has 0 bridgehead atoms. The van der Waals surface area contributed by atoms with Crippen LogP contribution in [0.1, 0.15) is 39.3 Å². The molecule has 0 heterocycles. The van der Waals surface area contributed by atoms with Crippen molar-refractivity contribution in [3.8, 4) is 0 Å². The lowest BCUT2D eigenvalue weighted by Crippen LogP contribution is -2.43. The molecule has 0 saturated carbocycles. The fraction of sp³-hybridized carbons (Fsp3) is 0.600. The van der Waals surface area contributed by atoms with E-state index in [1.54, 1.807) is 0 Å². The molecule has 0 aliphatic rings. The predicted octanol–water partition coefficient (Wildman–Crippen LogP) is 3.05. The molecule has 17 heavy (non-hydrogen) atoms. The Hall–Kier alpha value is -0.860. The van der Waals surface area contributed by atoms with Crippen LogP contribution in [0, 0.1) is 5.92 Å². The molecule has 2 N–H and O–H groups in total. The Morgan fingerprint density at radius 3 is 1.94 bits per heavy atom. The van der Waals surface area contributed by atoms with Crippen molar-refractivity contribution in [3.63, 3.8) is 0 Å². The van der Waals surface area contributed by atoms with Crippen LogP contribution in [0.4, 0.5) is 0 Å². The third kappa shape index (κ3) is 3.55. The topological polar surface area (TPSA) is 29.3 Å². The normalized spacial score (nSPS) is 17.2. The fourth-order valence-electron chi connectivity index (χ4n) is 2.28. The summed E-state index contributed by atoms with van der Waals surface area (Å²) in [5.74, 6) is 0.630. The van der Waals surface area contributed by atoms with Gasteiger partial charge in [0.15, 0.2) is 0 Å². The zero-order chi connectivity index (χ0) is 13.0. The molecule has 0 spiro atoms. The molecule has 0 aromatic heterocycles. The Morgan fingerprint density at radius 1 is 1.00 bits per heavy atom. The smallest absolute Gasteiger partial charge is 0.0496 e. The van der Waals surface area contributed by atoms with Gasteiger partial charge in [0.1, 0.15) is 0 Å². The minimum atomic E-state index is 0.128. The van der Waals surface area contributed by atoms with Gasteiger partial charge in [0.2, 0.25) is 0 Å². The molecule has 2 nitrogen and oxygen atoms in total. The summed E-state index contributed by atoms with van der Waals surface area (Å²) in [7, 11) is 2.17. The summed E-state index contributed by atoms with van der Waals surface area (Å²) in [4.78, 5) is 2.39. The van der Waals surface area contributed by atoms with Crippen molar-refractivity contribution in [2.45, 2.75) is 45.8 Å². The Bertz CT molecular complexity index is 319. The number of rotatable bonds is 5. The van der Waals surface area contributed by atoms with Gasteiger partial charge >= 0.3 is 0 Å². The molecule has 2 heteroatoms. The van der Waals surface area contributed by atoms with E-state index in [4.69, 9.17) is 5.73 Å². The van der Waals surface area contributed by atoms with Crippen LogP contribution in [0.2, 0.25) is 0 Å². The first-order valence-electron chi connectivity index (χ1n) is 6.47. The minimum Gasteiger partial charge on any atom is -0.326 e. The fourth-order valence-corrected chi connectivity index (χ4v) is 2.28. The maximum atomic E-state index is 6.17. The summed E-state index contributed by atoms with van der Waals surface area (Å²) in [5, 5.41) is 0. The lowest BCUT2D eigenvalue weighted by atomic mass is 9.95. The average Bonchev–Trinajstić information content (AvgIpc) is 2.28. The summed E-state index contributed by atoms with van der Waals surface area (Å²) in [5.41, 5.74) is 7.47. The molecule has 0 saturated heterocycles. The summed E-state index contributed by atoms with van der Waals surface area (Å²) < 4.78 is 0. The number of hydrogen-bond acceptors (Lipinski definition) is 2. The zero-order valence-electron chi connectivity index (χ0n) is 11.7. The second kappa shape index (κ2) is 6.18. The number of hydrogen-bond donors (Lipinski definition) is 1. The first-order valence-corrected chi connectivity index (χ1v) is 6.47. The van der Waals surface area contributed by atoms with E-state index in [0.717, 1.165) is 0 Å². The highest BCUT2D eigenvalue weighted by Gasteiger charge is 2.25. The zero-order valence-corrected chi connectivity index (χ0v) is 11.7. The highest BCUT2D eigenvalue weighted by atomic mass is 15.2. The molecule has 0 amide bonds. The Balaban J connectivity index is 2.94. The number of likely N-dealkylation sites (N-methyl/N-ethyl adjacent to an activating group) is 1. The maximum absolute atomic E-state index is 6.17. The molecule has 96 valence electrons. The lowest BCUT2D eigenvalue weighted by molar-refractivity contribution is 0.133. The first kappa shape index (κ1) is 14.2. The van der Waals surface area contributed by atoms with Crippen molar-refractivity contribution in [1.29, 1.82) is 0 Å². The van der Waals surface area contributed by atoms with Crippen LogP contribution in [-0.4, -0.2) is 24.0 Å². The SMILES string of the molecule is CC(C)C(C)N(C)C(c1ccccc1)C(C)N. The Kier molecular flexibility index (Phi) is 5.16. The van der Waals surface area contributed by atoms with Gasteiger partial charge in [-0.1, -0.05) is 44.2 Å². The Morgan fingerprint density at radius 2 is 1.53 bits per heavy atom. The number of benzene rings is 1. The van der Waals surface area contributed by atoms with Gasteiger partial charge in [-0.3, -0.25) is 4.90 Å². The van der Waals surface area contributed by atoms with Crippen molar-refractivity contribution < 1.29 is 0 Å². The third-order valence-corrected chi connectivity index (χ3v) is 3.69. The van der Waals surface area contributed by atoms with Crippen molar-refractivity contribution in [3.05, 3.63) is 35.9 Å². The van der Waals surface area contributed by atoms with Crippen molar-refractivity contribution in [2.24, 2.45) is 11.7 Å². The van der Waals surface area contributed by atoms with E-state index in [-0.39, 0.29) is 12.1 Å². The molecule has 0 fully saturated rings. The first-order chi connectivity index (χ1) is 7.95. The van der Waals surface area contributed by atoms with Gasteiger partial charge in [0.25, 0.3) is 0 Å². The molecular formula is C15H26N2. The average molecular weight is 234 g/mol. The highest BCUT2D eigenvalue weighted by Crippen LogP contribution is 2.26. The molecule has 3 atom stereocenters. The lowest BCUT2D eigenvalue weighted by Gasteiger charge is -2.37. The van der Waals surface area contributed by atoms with E-state index in [1.807, 2.05) is 6.07 Å². The molecule has 0 radical (unpaired) electrons. The molecule has 3 unspecified atom stereocenters. The third-order valence-electron chi connectivity index (χ3n) is 3.69. The minimum absolute atomic E-state index is 0.128. The van der Waals surface area contributed by atoms with E-state index in [2.05, 4.69) is 63.9 Å². The van der Waals surface area contributed by atoms with E-state index < -0.39 is 0 Å². The monoisotopic (exact) mass is 234 g/mol. The van der Waals surface area contributed by atoms with Crippen LogP contribution in [0.15, 0.2) is 30.3 Å². The molecule has 0 aliphatic carbocycles. The van der Waals surface area contributed by atoms with E-state index in [0.29, 0.717) is 12.0 Å². The summed E-state index contributed by atoms with van der Waals surface area (Å²) in [6, 6.07) is 11.5. The maximum Gasteiger partial charge on any atom is 0.0496 e. The van der Waals surface area contributed by atoms with Gasteiger partial charge in [0, 0.05) is 18.1 Å². The summed E-state index contributed by atoms with van der Waals surface area (Å²) >= 11 is 0. The Labute approximate surface area is 106 Å². The standard InChI is InChI=1S/C15H26N2/c1-11(2)13(4)17(5)15(12(3)16)14-9-7-6-8-10-14/h6-13,15H,16H2,1-5H3. The quantitative estimate of drug-likeness (QED) is 0.848. The van der Waals surface area contributed by atoms with E-state index >= 15 is 0 Å². The van der Waals surface area contributed by atoms with Crippen LogP contribution >= 0.6 is 0 Å². The van der Waals surface area contributed by atoms with Crippen LogP contribution < -0.4 is 5.73 Å². The second-order valence-electron chi connectivity index (χ2n) is 5.36. The van der Waals surface area contributed by atoms with Crippen LogP contribution in [-0.2, 0) is 0 Å². The van der Waals surface area contributed by atoms with Gasteiger partial charge in [0.05, 0.1) is 0 Å². The molecule has 1 aromatic rings. The molecule has 1 rings (SSSR count). The van der Waals surface area contributed by atoms with Crippen LogP contribution in [0.5, 0.6) is 0 Å². The van der Waals surface area contributed by atoms with Crippen LogP contribution in [0.25, 0.3) is 0 Å². The van der Waals surface area contributed by atoms with Crippen LogP contribution in [0.3, 0.4) is 0 Å². The summed E-state index contributed by atoms with van der Waals surface area (Å²) in [6.07, 6.45) is 0. The van der Waals surface area contributed by atoms with Gasteiger partial charge in [-0.2, -0.15) is 0 Å². The van der Waals surface area contributed by atoms with Gasteiger partial charge in [-0.25, -0.2) is 0 Å². The highest BCUT2D eigenvalue weighted by molar-refractivity contribution is 5.20. The number of nitrogens with two attached hydrogens (primary N) is 1. The van der Waals surface area contributed by atoms with Gasteiger partial charge < -0.3 is 5.73 Å². The van der Waals surface area contributed by atoms with Gasteiger partial charge in [-0.05, 0) is 32.4 Å². The molecule has 1 aromatic carbocycles. The molecular weight excluding hydrogens is 208 g/mol. The van der Waals surface area contributed by atoms with Crippen molar-refractivity contribution in [2.75, 3.05) is 7.05 Å². The van der Waals surface area contributed by atoms with E-state index in [9.17, 15) is 0 Å².